The van der Waals surface area contributed by atoms with Crippen LogP contribution in [-0.4, -0.2) is 38.2 Å². The molecule has 0 aliphatic rings. The highest BCUT2D eigenvalue weighted by molar-refractivity contribution is 5.95. The second kappa shape index (κ2) is 8.54. The minimum absolute atomic E-state index is 0.409. The average Bonchev–Trinajstić information content (AvgIpc) is 2.66. The Hall–Kier alpha value is -3.28. The lowest BCUT2D eigenvalue weighted by molar-refractivity contribution is -0.166. The summed E-state index contributed by atoms with van der Waals surface area (Å²) < 4.78 is 10.4. The van der Waals surface area contributed by atoms with Gasteiger partial charge in [-0.05, 0) is 35.9 Å². The minimum atomic E-state index is -0.665. The van der Waals surface area contributed by atoms with Gasteiger partial charge in [0.15, 0.2) is 11.5 Å². The number of ether oxygens (including phenoxy) is 2. The molecule has 6 nitrogen and oxygen atoms in total. The molecule has 130 valence electrons. The molecule has 0 fully saturated rings. The maximum absolute atomic E-state index is 12.1. The number of benzene rings is 2. The van der Waals surface area contributed by atoms with Crippen LogP contribution in [0.25, 0.3) is 6.08 Å². The number of hydrogen-bond donors (Lipinski definition) is 0. The van der Waals surface area contributed by atoms with Gasteiger partial charge in [-0.15, -0.1) is 0 Å². The van der Waals surface area contributed by atoms with Gasteiger partial charge >= 0.3 is 5.97 Å². The molecule has 0 saturated carbocycles. The molecule has 1 amide bonds. The molecule has 0 heterocycles. The van der Waals surface area contributed by atoms with Crippen molar-refractivity contribution in [2.45, 2.75) is 0 Å². The third-order valence-electron chi connectivity index (χ3n) is 3.35. The predicted molar refractivity (Wildman–Crippen MR) is 93.2 cm³/mol. The molecule has 0 atom stereocenters. The van der Waals surface area contributed by atoms with Gasteiger partial charge < -0.3 is 14.3 Å². The van der Waals surface area contributed by atoms with Crippen LogP contribution in [0, 0.1) is 0 Å². The third kappa shape index (κ3) is 4.84. The summed E-state index contributed by atoms with van der Waals surface area (Å²) in [5.41, 5.74) is 1.16. The molecule has 0 saturated heterocycles. The summed E-state index contributed by atoms with van der Waals surface area (Å²) in [6.07, 6.45) is 2.79. The van der Waals surface area contributed by atoms with Crippen LogP contribution >= 0.6 is 0 Å². The molecule has 0 spiro atoms. The van der Waals surface area contributed by atoms with Crippen molar-refractivity contribution in [3.8, 4) is 11.5 Å². The monoisotopic (exact) mass is 341 g/mol. The molecule has 0 N–H and O–H groups in total. The molecular formula is C19H19NO5. The Morgan fingerprint density at radius 2 is 1.64 bits per heavy atom. The van der Waals surface area contributed by atoms with Gasteiger partial charge in [0.2, 0.25) is 0 Å². The van der Waals surface area contributed by atoms with Crippen LogP contribution in [0.2, 0.25) is 0 Å². The molecule has 0 unspecified atom stereocenters. The van der Waals surface area contributed by atoms with Gasteiger partial charge in [0, 0.05) is 18.7 Å². The second-order valence-electron chi connectivity index (χ2n) is 5.03. The molecule has 0 aliphatic heterocycles. The number of hydroxylamine groups is 2. The first-order valence-corrected chi connectivity index (χ1v) is 7.50. The van der Waals surface area contributed by atoms with Crippen molar-refractivity contribution in [1.82, 2.24) is 5.06 Å². The van der Waals surface area contributed by atoms with Gasteiger partial charge in [-0.2, -0.15) is 5.06 Å². The van der Waals surface area contributed by atoms with Gasteiger partial charge in [-0.25, -0.2) is 4.79 Å². The molecule has 0 radical (unpaired) electrons. The number of amides is 1. The lowest BCUT2D eigenvalue weighted by Gasteiger charge is -2.14. The topological polar surface area (TPSA) is 65.1 Å². The van der Waals surface area contributed by atoms with E-state index >= 15 is 0 Å². The lowest BCUT2D eigenvalue weighted by Crippen LogP contribution is -2.29. The van der Waals surface area contributed by atoms with Crippen LogP contribution in [0.5, 0.6) is 11.5 Å². The van der Waals surface area contributed by atoms with E-state index in [9.17, 15) is 9.59 Å². The number of rotatable bonds is 5. The normalized spacial score (nSPS) is 10.4. The fourth-order valence-electron chi connectivity index (χ4n) is 2.09. The third-order valence-corrected chi connectivity index (χ3v) is 3.35. The van der Waals surface area contributed by atoms with Crippen LogP contribution in [0.4, 0.5) is 0 Å². The van der Waals surface area contributed by atoms with Gasteiger partial charge in [0.1, 0.15) is 0 Å². The molecular weight excluding hydrogens is 322 g/mol. The Morgan fingerprint density at radius 3 is 2.28 bits per heavy atom. The molecule has 0 aliphatic carbocycles. The standard InChI is InChI=1S/C19H19NO5/c1-20(19(22)15-7-5-4-6-8-15)25-18(21)12-10-14-9-11-16(23-2)17(13-14)24-3/h4-13H,1-3H3. The first-order valence-electron chi connectivity index (χ1n) is 7.50. The highest BCUT2D eigenvalue weighted by atomic mass is 16.7. The smallest absolute Gasteiger partial charge is 0.356 e. The molecule has 25 heavy (non-hydrogen) atoms. The predicted octanol–water partition coefficient (Wildman–Crippen LogP) is 2.95. The summed E-state index contributed by atoms with van der Waals surface area (Å²) in [5, 5.41) is 0.899. The van der Waals surface area contributed by atoms with Crippen molar-refractivity contribution < 1.29 is 23.9 Å². The number of nitrogens with zero attached hydrogens (tertiary/aromatic N) is 1. The summed E-state index contributed by atoms with van der Waals surface area (Å²) >= 11 is 0. The molecule has 0 aromatic heterocycles. The maximum atomic E-state index is 12.1. The number of methoxy groups -OCH3 is 2. The zero-order valence-corrected chi connectivity index (χ0v) is 14.3. The highest BCUT2D eigenvalue weighted by Gasteiger charge is 2.14. The van der Waals surface area contributed by atoms with Crippen molar-refractivity contribution >= 4 is 18.0 Å². The first kappa shape index (κ1) is 18.1. The summed E-state index contributed by atoms with van der Waals surface area (Å²) in [7, 11) is 4.46. The number of carbonyl (C=O) groups excluding carboxylic acids is 2. The van der Waals surface area contributed by atoms with Crippen molar-refractivity contribution in [3.05, 3.63) is 65.7 Å². The van der Waals surface area contributed by atoms with Gasteiger partial charge in [-0.3, -0.25) is 4.79 Å². The van der Waals surface area contributed by atoms with Crippen molar-refractivity contribution in [2.24, 2.45) is 0 Å². The fraction of sp³-hybridized carbons (Fsp3) is 0.158. The van der Waals surface area contributed by atoms with Crippen LogP contribution < -0.4 is 9.47 Å². The highest BCUT2D eigenvalue weighted by Crippen LogP contribution is 2.27. The molecule has 0 bridgehead atoms. The van der Waals surface area contributed by atoms with Crippen molar-refractivity contribution in [3.63, 3.8) is 0 Å². The summed E-state index contributed by atoms with van der Waals surface area (Å²) in [4.78, 5) is 29.0. The van der Waals surface area contributed by atoms with E-state index in [1.54, 1.807) is 61.7 Å². The fourth-order valence-corrected chi connectivity index (χ4v) is 2.09. The molecule has 2 aromatic rings. The second-order valence-corrected chi connectivity index (χ2v) is 5.03. The number of hydrogen-bond acceptors (Lipinski definition) is 5. The van der Waals surface area contributed by atoms with Crippen LogP contribution in [0.3, 0.4) is 0 Å². The van der Waals surface area contributed by atoms with Gasteiger partial charge in [0.25, 0.3) is 5.91 Å². The van der Waals surface area contributed by atoms with Crippen LogP contribution in [0.15, 0.2) is 54.6 Å². The largest absolute Gasteiger partial charge is 0.493 e. The Morgan fingerprint density at radius 1 is 0.960 bits per heavy atom. The van der Waals surface area contributed by atoms with E-state index in [1.165, 1.54) is 20.2 Å². The molecule has 2 aromatic carbocycles. The van der Waals surface area contributed by atoms with Crippen LogP contribution in [-0.2, 0) is 9.63 Å². The molecule has 6 heteroatoms. The van der Waals surface area contributed by atoms with E-state index in [0.717, 1.165) is 10.6 Å². The zero-order valence-electron chi connectivity index (χ0n) is 14.3. The summed E-state index contributed by atoms with van der Waals surface area (Å²) in [5.74, 6) is 0.0693. The SMILES string of the molecule is COc1ccc(C=CC(=O)ON(C)C(=O)c2ccccc2)cc1OC. The quantitative estimate of drug-likeness (QED) is 0.618. The van der Waals surface area contributed by atoms with E-state index in [1.807, 2.05) is 0 Å². The Labute approximate surface area is 146 Å². The Bertz CT molecular complexity index is 771. The van der Waals surface area contributed by atoms with Crippen LogP contribution in [0.1, 0.15) is 15.9 Å². The van der Waals surface area contributed by atoms with E-state index in [2.05, 4.69) is 0 Å². The Balaban J connectivity index is 2.00. The van der Waals surface area contributed by atoms with E-state index < -0.39 is 11.9 Å². The van der Waals surface area contributed by atoms with Gasteiger partial charge in [-0.1, -0.05) is 24.3 Å². The van der Waals surface area contributed by atoms with E-state index in [4.69, 9.17) is 14.3 Å². The van der Waals surface area contributed by atoms with Crippen molar-refractivity contribution in [1.29, 1.82) is 0 Å². The zero-order chi connectivity index (χ0) is 18.2. The Kier molecular flexibility index (Phi) is 6.17. The summed E-state index contributed by atoms with van der Waals surface area (Å²) in [6.45, 7) is 0. The number of carbonyl (C=O) groups is 2. The minimum Gasteiger partial charge on any atom is -0.493 e. The lowest BCUT2D eigenvalue weighted by atomic mass is 10.2. The molecule has 2 rings (SSSR count). The van der Waals surface area contributed by atoms with Gasteiger partial charge in [0.05, 0.1) is 14.2 Å². The average molecular weight is 341 g/mol. The first-order chi connectivity index (χ1) is 12.0. The van der Waals surface area contributed by atoms with Crippen molar-refractivity contribution in [2.75, 3.05) is 21.3 Å². The summed E-state index contributed by atoms with van der Waals surface area (Å²) in [6, 6.07) is 13.8. The maximum Gasteiger partial charge on any atom is 0.356 e. The van der Waals surface area contributed by atoms with E-state index in [-0.39, 0.29) is 0 Å². The van der Waals surface area contributed by atoms with E-state index in [0.29, 0.717) is 17.1 Å².